The first-order valence-corrected chi connectivity index (χ1v) is 7.24. The number of nitriles is 3. The van der Waals surface area contributed by atoms with E-state index < -0.39 is 23.0 Å². The molecule has 1 unspecified atom stereocenters. The third-order valence-corrected chi connectivity index (χ3v) is 4.55. The zero-order chi connectivity index (χ0) is 18.0. The van der Waals surface area contributed by atoms with E-state index in [1.54, 1.807) is 12.1 Å². The molecule has 2 rings (SSSR count). The molecule has 24 heavy (non-hydrogen) atoms. The zero-order valence-corrected chi connectivity index (χ0v) is 13.2. The first-order chi connectivity index (χ1) is 11.4. The van der Waals surface area contributed by atoms with Crippen molar-refractivity contribution in [2.45, 2.75) is 12.8 Å². The number of carbonyl (C=O) groups is 2. The number of carbonyl (C=O) groups excluding carboxylic acids is 2. The lowest BCUT2D eigenvalue weighted by atomic mass is 9.63. The number of hydrogen-bond acceptors (Lipinski definition) is 6. The van der Waals surface area contributed by atoms with E-state index in [0.29, 0.717) is 11.3 Å². The molecule has 0 fully saturated rings. The largest absolute Gasteiger partial charge is 0.400 e. The molecule has 0 bridgehead atoms. The van der Waals surface area contributed by atoms with Crippen molar-refractivity contribution in [1.82, 2.24) is 0 Å². The molecule has 0 saturated carbocycles. The van der Waals surface area contributed by atoms with Gasteiger partial charge in [0.25, 0.3) is 0 Å². The Balaban J connectivity index is 2.55. The highest BCUT2D eigenvalue weighted by atomic mass is 35.5. The highest BCUT2D eigenvalue weighted by molar-refractivity contribution is 6.30. The van der Waals surface area contributed by atoms with E-state index in [1.807, 2.05) is 6.07 Å². The van der Waals surface area contributed by atoms with Crippen LogP contribution in [0, 0.1) is 44.8 Å². The van der Waals surface area contributed by atoms with Gasteiger partial charge in [-0.1, -0.05) is 11.6 Å². The number of nitrogens with two attached hydrogens (primary N) is 1. The molecule has 2 N–H and O–H groups in total. The number of ketones is 1. The van der Waals surface area contributed by atoms with Crippen LogP contribution in [0.3, 0.4) is 0 Å². The Kier molecular flexibility index (Phi) is 4.42. The van der Waals surface area contributed by atoms with Gasteiger partial charge in [0.1, 0.15) is 11.7 Å². The standard InChI is InChI=1S/C17H11ClN4O2/c18-13-3-1-11(2-4-13)14(24)6-17(10-21)15(22)12(7-23)5-16(17,8-19)9-20/h1-4,7H,5-6,22H2. The van der Waals surface area contributed by atoms with Crippen molar-refractivity contribution in [2.24, 2.45) is 16.6 Å². The van der Waals surface area contributed by atoms with Crippen LogP contribution in [0.2, 0.25) is 5.02 Å². The number of hydrogen-bond donors (Lipinski definition) is 1. The third-order valence-electron chi connectivity index (χ3n) is 4.30. The monoisotopic (exact) mass is 338 g/mol. The second-order valence-corrected chi connectivity index (χ2v) is 5.92. The van der Waals surface area contributed by atoms with Crippen molar-refractivity contribution in [3.63, 3.8) is 0 Å². The van der Waals surface area contributed by atoms with Crippen molar-refractivity contribution >= 4 is 23.7 Å². The molecule has 6 nitrogen and oxygen atoms in total. The van der Waals surface area contributed by atoms with Crippen LogP contribution in [0.4, 0.5) is 0 Å². The number of benzene rings is 1. The van der Waals surface area contributed by atoms with Gasteiger partial charge in [0.05, 0.1) is 18.2 Å². The first-order valence-electron chi connectivity index (χ1n) is 6.86. The highest BCUT2D eigenvalue weighted by Crippen LogP contribution is 2.55. The molecule has 0 aromatic heterocycles. The molecule has 1 aromatic rings. The predicted octanol–water partition coefficient (Wildman–Crippen LogP) is 2.27. The molecule has 0 amide bonds. The van der Waals surface area contributed by atoms with Gasteiger partial charge in [0.15, 0.2) is 11.2 Å². The summed E-state index contributed by atoms with van der Waals surface area (Å²) < 4.78 is 0. The van der Waals surface area contributed by atoms with Crippen molar-refractivity contribution in [3.8, 4) is 18.2 Å². The van der Waals surface area contributed by atoms with Crippen LogP contribution in [0.5, 0.6) is 0 Å². The molecule has 1 aromatic carbocycles. The Hall–Kier alpha value is -3.14. The van der Waals surface area contributed by atoms with Crippen LogP contribution in [0.25, 0.3) is 0 Å². The van der Waals surface area contributed by atoms with E-state index in [9.17, 15) is 25.4 Å². The van der Waals surface area contributed by atoms with Gasteiger partial charge >= 0.3 is 0 Å². The summed E-state index contributed by atoms with van der Waals surface area (Å²) in [6.07, 6.45) is -0.336. The lowest BCUT2D eigenvalue weighted by Crippen LogP contribution is -2.41. The van der Waals surface area contributed by atoms with Crippen LogP contribution in [0.1, 0.15) is 23.2 Å². The van der Waals surface area contributed by atoms with Crippen LogP contribution in [-0.2, 0) is 4.79 Å². The Labute approximate surface area is 143 Å². The van der Waals surface area contributed by atoms with Crippen molar-refractivity contribution in [3.05, 3.63) is 46.1 Å². The second-order valence-electron chi connectivity index (χ2n) is 5.49. The van der Waals surface area contributed by atoms with E-state index >= 15 is 0 Å². The van der Waals surface area contributed by atoms with Gasteiger partial charge in [0, 0.05) is 34.7 Å². The fourth-order valence-corrected chi connectivity index (χ4v) is 2.98. The van der Waals surface area contributed by atoms with E-state index in [0.717, 1.165) is 0 Å². The maximum absolute atomic E-state index is 12.6. The third kappa shape index (κ3) is 2.33. The second kappa shape index (κ2) is 6.16. The number of halogens is 1. The maximum Gasteiger partial charge on any atom is 0.172 e. The van der Waals surface area contributed by atoms with Gasteiger partial charge in [-0.3, -0.25) is 9.59 Å². The van der Waals surface area contributed by atoms with E-state index in [2.05, 4.69) is 0 Å². The van der Waals surface area contributed by atoms with Crippen LogP contribution in [0.15, 0.2) is 35.5 Å². The number of allylic oxidation sites excluding steroid dienone is 2. The average molecular weight is 339 g/mol. The maximum atomic E-state index is 12.6. The fraction of sp³-hybridized carbons (Fsp3) is 0.235. The quantitative estimate of drug-likeness (QED) is 0.661. The van der Waals surface area contributed by atoms with Crippen molar-refractivity contribution in [2.75, 3.05) is 0 Å². The summed E-state index contributed by atoms with van der Waals surface area (Å²) in [5.74, 6) is -0.474. The summed E-state index contributed by atoms with van der Waals surface area (Å²) in [6, 6.07) is 11.4. The van der Waals surface area contributed by atoms with Crippen LogP contribution in [-0.4, -0.2) is 12.1 Å². The van der Waals surface area contributed by atoms with Gasteiger partial charge in [-0.25, -0.2) is 0 Å². The molecule has 7 heteroatoms. The molecular formula is C17H11ClN4O2. The van der Waals surface area contributed by atoms with Crippen LogP contribution >= 0.6 is 11.6 Å². The molecule has 1 atom stereocenters. The SMILES string of the molecule is N#CC1(C#N)CC(C=O)=C(N)C1(C#N)CC(=O)c1ccc(Cl)cc1. The number of rotatable bonds is 4. The van der Waals surface area contributed by atoms with Gasteiger partial charge in [-0.2, -0.15) is 15.8 Å². The first kappa shape index (κ1) is 17.2. The summed E-state index contributed by atoms with van der Waals surface area (Å²) in [7, 11) is 0. The zero-order valence-electron chi connectivity index (χ0n) is 12.4. The lowest BCUT2D eigenvalue weighted by Gasteiger charge is -2.31. The Morgan fingerprint density at radius 2 is 1.79 bits per heavy atom. The number of aldehydes is 1. The summed E-state index contributed by atoms with van der Waals surface area (Å²) in [5, 5.41) is 29.1. The minimum absolute atomic E-state index is 0.00329. The Morgan fingerprint density at radius 3 is 2.25 bits per heavy atom. The summed E-state index contributed by atoms with van der Waals surface area (Å²) in [4.78, 5) is 23.7. The van der Waals surface area contributed by atoms with Crippen molar-refractivity contribution < 1.29 is 9.59 Å². The molecule has 0 heterocycles. The van der Waals surface area contributed by atoms with Crippen LogP contribution < -0.4 is 5.73 Å². The molecular weight excluding hydrogens is 328 g/mol. The molecule has 1 aliphatic carbocycles. The summed E-state index contributed by atoms with van der Waals surface area (Å²) >= 11 is 5.78. The molecule has 0 aliphatic heterocycles. The summed E-state index contributed by atoms with van der Waals surface area (Å²) in [6.45, 7) is 0. The smallest absolute Gasteiger partial charge is 0.172 e. The minimum Gasteiger partial charge on any atom is -0.400 e. The molecule has 0 radical (unpaired) electrons. The topological polar surface area (TPSA) is 132 Å². The Morgan fingerprint density at radius 1 is 1.21 bits per heavy atom. The molecule has 0 spiro atoms. The molecule has 1 aliphatic rings. The van der Waals surface area contributed by atoms with E-state index in [1.165, 1.54) is 24.3 Å². The average Bonchev–Trinajstić information content (AvgIpc) is 2.84. The van der Waals surface area contributed by atoms with Gasteiger partial charge in [-0.15, -0.1) is 0 Å². The Bertz CT molecular complexity index is 854. The predicted molar refractivity (Wildman–Crippen MR) is 84.0 cm³/mol. The normalized spacial score (nSPS) is 21.4. The van der Waals surface area contributed by atoms with Gasteiger partial charge in [0.2, 0.25) is 0 Å². The van der Waals surface area contributed by atoms with E-state index in [-0.39, 0.29) is 23.3 Å². The molecule has 118 valence electrons. The fourth-order valence-electron chi connectivity index (χ4n) is 2.86. The summed E-state index contributed by atoms with van der Waals surface area (Å²) in [5.41, 5.74) is 2.23. The van der Waals surface area contributed by atoms with Gasteiger partial charge < -0.3 is 5.73 Å². The van der Waals surface area contributed by atoms with Gasteiger partial charge in [-0.05, 0) is 24.3 Å². The van der Waals surface area contributed by atoms with E-state index in [4.69, 9.17) is 17.3 Å². The number of nitrogens with zero attached hydrogens (tertiary/aromatic N) is 3. The lowest BCUT2D eigenvalue weighted by molar-refractivity contribution is -0.105. The molecule has 0 saturated heterocycles. The van der Waals surface area contributed by atoms with Crippen molar-refractivity contribution in [1.29, 1.82) is 15.8 Å². The minimum atomic E-state index is -1.88. The highest BCUT2D eigenvalue weighted by Gasteiger charge is 2.61. The number of Topliss-reactive ketones (excluding diaryl/α,β-unsaturated/α-hetero) is 1.